The van der Waals surface area contributed by atoms with Gasteiger partial charge in [0.2, 0.25) is 11.1 Å². The number of aryl methyl sites for hydroxylation is 1. The zero-order valence-corrected chi connectivity index (χ0v) is 11.7. The number of rotatable bonds is 5. The lowest BCUT2D eigenvalue weighted by Crippen LogP contribution is -2.22. The van der Waals surface area contributed by atoms with Gasteiger partial charge in [-0.1, -0.05) is 36.9 Å². The maximum atomic E-state index is 12.0. The summed E-state index contributed by atoms with van der Waals surface area (Å²) in [7, 11) is 0. The van der Waals surface area contributed by atoms with E-state index in [4.69, 9.17) is 0 Å². The lowest BCUT2D eigenvalue weighted by Gasteiger charge is -2.09. The molecule has 1 heterocycles. The molecule has 5 nitrogen and oxygen atoms in total. The van der Waals surface area contributed by atoms with Crippen LogP contribution < -0.4 is 5.32 Å². The fourth-order valence-electron chi connectivity index (χ4n) is 1.47. The van der Waals surface area contributed by atoms with Crippen LogP contribution in [0, 0.1) is 0 Å². The molecular formula is C13H16N4OS. The van der Waals surface area contributed by atoms with E-state index in [1.54, 1.807) is 0 Å². The number of aromatic nitrogens is 3. The second-order valence-corrected chi connectivity index (χ2v) is 5.34. The fourth-order valence-corrected chi connectivity index (χ4v) is 2.21. The normalized spacial score (nSPS) is 12.1. The Hall–Kier alpha value is -1.82. The van der Waals surface area contributed by atoms with Crippen molar-refractivity contribution in [1.82, 2.24) is 15.2 Å². The summed E-state index contributed by atoms with van der Waals surface area (Å²) < 4.78 is 0. The van der Waals surface area contributed by atoms with Crippen LogP contribution in [0.1, 0.15) is 19.7 Å². The van der Waals surface area contributed by atoms with E-state index in [0.29, 0.717) is 5.16 Å². The minimum atomic E-state index is -0.249. The molecule has 1 amide bonds. The van der Waals surface area contributed by atoms with Gasteiger partial charge >= 0.3 is 0 Å². The molecule has 0 fully saturated rings. The van der Waals surface area contributed by atoms with E-state index < -0.39 is 0 Å². The predicted octanol–water partition coefficient (Wildman–Crippen LogP) is 2.49. The van der Waals surface area contributed by atoms with Gasteiger partial charge in [0.15, 0.2) is 0 Å². The Bertz CT molecular complexity index is 541. The van der Waals surface area contributed by atoms with Crippen LogP contribution in [0.4, 0.5) is 5.69 Å². The molecule has 2 aromatic rings. The summed E-state index contributed by atoms with van der Waals surface area (Å²) in [6.45, 7) is 3.84. The molecule has 1 atom stereocenters. The lowest BCUT2D eigenvalue weighted by molar-refractivity contribution is -0.115. The maximum Gasteiger partial charge on any atom is 0.237 e. The van der Waals surface area contributed by atoms with Crippen molar-refractivity contribution in [2.75, 3.05) is 5.32 Å². The molecule has 0 radical (unpaired) electrons. The number of aromatic amines is 1. The predicted molar refractivity (Wildman–Crippen MR) is 76.2 cm³/mol. The summed E-state index contributed by atoms with van der Waals surface area (Å²) >= 11 is 1.34. The first-order valence-electron chi connectivity index (χ1n) is 6.13. The maximum absolute atomic E-state index is 12.0. The van der Waals surface area contributed by atoms with E-state index in [-0.39, 0.29) is 11.2 Å². The number of hydrogen-bond donors (Lipinski definition) is 2. The van der Waals surface area contributed by atoms with E-state index in [1.807, 2.05) is 44.2 Å². The highest BCUT2D eigenvalue weighted by Crippen LogP contribution is 2.20. The highest BCUT2D eigenvalue weighted by molar-refractivity contribution is 8.00. The molecule has 19 heavy (non-hydrogen) atoms. The van der Waals surface area contributed by atoms with E-state index in [2.05, 4.69) is 20.5 Å². The number of anilines is 1. The molecule has 0 aliphatic rings. The van der Waals surface area contributed by atoms with Crippen LogP contribution >= 0.6 is 11.8 Å². The second kappa shape index (κ2) is 6.38. The number of carbonyl (C=O) groups excluding carboxylic acids is 1. The van der Waals surface area contributed by atoms with Crippen LogP contribution in [0.25, 0.3) is 0 Å². The first kappa shape index (κ1) is 13.6. The highest BCUT2D eigenvalue weighted by Gasteiger charge is 2.16. The zero-order valence-electron chi connectivity index (χ0n) is 10.9. The third kappa shape index (κ3) is 3.82. The smallest absolute Gasteiger partial charge is 0.237 e. The average molecular weight is 276 g/mol. The van der Waals surface area contributed by atoms with Crippen molar-refractivity contribution in [1.29, 1.82) is 0 Å². The van der Waals surface area contributed by atoms with Gasteiger partial charge < -0.3 is 5.32 Å². The first-order valence-corrected chi connectivity index (χ1v) is 7.01. The van der Waals surface area contributed by atoms with E-state index >= 15 is 0 Å². The monoisotopic (exact) mass is 276 g/mol. The third-order valence-electron chi connectivity index (χ3n) is 2.54. The van der Waals surface area contributed by atoms with Gasteiger partial charge in [-0.25, -0.2) is 4.98 Å². The number of nitrogens with one attached hydrogen (secondary N) is 2. The van der Waals surface area contributed by atoms with Crippen LogP contribution in [0.5, 0.6) is 0 Å². The number of hydrogen-bond acceptors (Lipinski definition) is 4. The van der Waals surface area contributed by atoms with Crippen molar-refractivity contribution in [3.8, 4) is 0 Å². The Kier molecular flexibility index (Phi) is 4.57. The number of H-pyrrole nitrogens is 1. The largest absolute Gasteiger partial charge is 0.325 e. The minimum absolute atomic E-state index is 0.0564. The van der Waals surface area contributed by atoms with E-state index in [0.717, 1.165) is 17.9 Å². The quantitative estimate of drug-likeness (QED) is 0.823. The molecule has 1 aromatic heterocycles. The molecule has 100 valence electrons. The molecule has 6 heteroatoms. The molecule has 0 aliphatic heterocycles. The summed E-state index contributed by atoms with van der Waals surface area (Å²) in [5.41, 5.74) is 0.796. The fraction of sp³-hybridized carbons (Fsp3) is 0.308. The number of para-hydroxylation sites is 1. The van der Waals surface area contributed by atoms with Gasteiger partial charge in [0.05, 0.1) is 5.25 Å². The molecule has 1 aromatic carbocycles. The summed E-state index contributed by atoms with van der Waals surface area (Å²) in [6.07, 6.45) is 0.804. The van der Waals surface area contributed by atoms with Crippen molar-refractivity contribution >= 4 is 23.4 Å². The van der Waals surface area contributed by atoms with Gasteiger partial charge in [-0.05, 0) is 19.1 Å². The van der Waals surface area contributed by atoms with Crippen LogP contribution in [0.15, 0.2) is 35.5 Å². The molecule has 0 saturated heterocycles. The van der Waals surface area contributed by atoms with Gasteiger partial charge in [-0.3, -0.25) is 9.89 Å². The zero-order chi connectivity index (χ0) is 13.7. The van der Waals surface area contributed by atoms with Crippen molar-refractivity contribution in [2.45, 2.75) is 30.7 Å². The topological polar surface area (TPSA) is 70.7 Å². The number of thioether (sulfide) groups is 1. The number of benzene rings is 1. The van der Waals surface area contributed by atoms with Gasteiger partial charge in [0, 0.05) is 12.1 Å². The van der Waals surface area contributed by atoms with Gasteiger partial charge in [-0.2, -0.15) is 0 Å². The standard InChI is InChI=1S/C13H16N4OS/c1-3-11-15-13(17-16-11)19-9(2)12(18)14-10-7-5-4-6-8-10/h4-9H,3H2,1-2H3,(H,14,18)(H,15,16,17). The summed E-state index contributed by atoms with van der Waals surface area (Å²) in [5.74, 6) is 0.775. The van der Waals surface area contributed by atoms with E-state index in [9.17, 15) is 4.79 Å². The lowest BCUT2D eigenvalue weighted by atomic mass is 10.3. The summed E-state index contributed by atoms with van der Waals surface area (Å²) in [4.78, 5) is 16.3. The molecule has 0 spiro atoms. The van der Waals surface area contributed by atoms with Gasteiger partial charge in [-0.15, -0.1) is 5.10 Å². The SMILES string of the molecule is CCc1nc(SC(C)C(=O)Nc2ccccc2)n[nH]1. The Labute approximate surface area is 116 Å². The van der Waals surface area contributed by atoms with Crippen molar-refractivity contribution < 1.29 is 4.79 Å². The molecule has 2 N–H and O–H groups in total. The summed E-state index contributed by atoms with van der Waals surface area (Å²) in [6, 6.07) is 9.40. The van der Waals surface area contributed by atoms with Crippen LogP contribution in [0.2, 0.25) is 0 Å². The van der Waals surface area contributed by atoms with Gasteiger partial charge in [0.1, 0.15) is 5.82 Å². The minimum Gasteiger partial charge on any atom is -0.325 e. The molecule has 0 saturated carbocycles. The third-order valence-corrected chi connectivity index (χ3v) is 3.50. The second-order valence-electron chi connectivity index (χ2n) is 4.03. The Morgan fingerprint density at radius 2 is 2.16 bits per heavy atom. The highest BCUT2D eigenvalue weighted by atomic mass is 32.2. The van der Waals surface area contributed by atoms with Crippen molar-refractivity contribution in [3.05, 3.63) is 36.2 Å². The van der Waals surface area contributed by atoms with Crippen LogP contribution in [-0.2, 0) is 11.2 Å². The van der Waals surface area contributed by atoms with Crippen LogP contribution in [0.3, 0.4) is 0 Å². The Balaban J connectivity index is 1.92. The summed E-state index contributed by atoms with van der Waals surface area (Å²) in [5, 5.41) is 10.1. The molecule has 1 unspecified atom stereocenters. The Morgan fingerprint density at radius 1 is 1.42 bits per heavy atom. The molecule has 2 rings (SSSR count). The molecule has 0 aliphatic carbocycles. The molecule has 0 bridgehead atoms. The van der Waals surface area contributed by atoms with E-state index in [1.165, 1.54) is 11.8 Å². The van der Waals surface area contributed by atoms with Crippen molar-refractivity contribution in [2.24, 2.45) is 0 Å². The van der Waals surface area contributed by atoms with Crippen LogP contribution in [-0.4, -0.2) is 26.3 Å². The van der Waals surface area contributed by atoms with Gasteiger partial charge in [0.25, 0.3) is 0 Å². The van der Waals surface area contributed by atoms with Crippen molar-refractivity contribution in [3.63, 3.8) is 0 Å². The number of carbonyl (C=O) groups is 1. The number of nitrogens with zero attached hydrogens (tertiary/aromatic N) is 2. The first-order chi connectivity index (χ1) is 9.19. The Morgan fingerprint density at radius 3 is 2.79 bits per heavy atom. The number of amides is 1. The average Bonchev–Trinajstić information content (AvgIpc) is 2.87. The molecular weight excluding hydrogens is 260 g/mol.